The average Bonchev–Trinajstić information content (AvgIpc) is 3.15. The van der Waals surface area contributed by atoms with Gasteiger partial charge in [-0.1, -0.05) is 60.7 Å². The minimum Gasteiger partial charge on any atom is -0.565 e. The van der Waals surface area contributed by atoms with Crippen LogP contribution in [0, 0.1) is 0 Å². The van der Waals surface area contributed by atoms with Crippen molar-refractivity contribution in [3.8, 4) is 0 Å². The van der Waals surface area contributed by atoms with Gasteiger partial charge in [-0.3, -0.25) is 0 Å². The Labute approximate surface area is 160 Å². The van der Waals surface area contributed by atoms with Gasteiger partial charge in [0.2, 0.25) is 12.5 Å². The molecular weight excluding hydrogens is 340 g/mol. The van der Waals surface area contributed by atoms with Crippen molar-refractivity contribution in [1.82, 2.24) is 4.57 Å². The van der Waals surface area contributed by atoms with Crippen molar-refractivity contribution < 1.29 is 19.6 Å². The molecule has 0 saturated heterocycles. The second kappa shape index (κ2) is 8.08. The van der Waals surface area contributed by atoms with Crippen LogP contribution in [0.4, 0.5) is 4.79 Å². The molecular formula is C22H26N2O3. The fourth-order valence-corrected chi connectivity index (χ4v) is 3.01. The van der Waals surface area contributed by atoms with E-state index in [2.05, 4.69) is 116 Å². The van der Waals surface area contributed by atoms with Gasteiger partial charge >= 0.3 is 0 Å². The standard InChI is InChI=1S/C21H25N2.CH2O3/c1-20(2,18-11-7-5-8-12-18)22-15-16-23(17-22)21(3,4)19-13-9-6-10-14-19;2-1(3)4/h5-17H,1-4H3;(H2,2,3,4)/q+1;/p-1. The van der Waals surface area contributed by atoms with Crippen molar-refractivity contribution in [3.63, 3.8) is 0 Å². The number of carbonyl (C=O) groups is 1. The van der Waals surface area contributed by atoms with E-state index in [1.54, 1.807) is 0 Å². The number of hydrogen-bond donors (Lipinski definition) is 1. The molecule has 0 fully saturated rings. The van der Waals surface area contributed by atoms with Crippen molar-refractivity contribution in [2.24, 2.45) is 0 Å². The largest absolute Gasteiger partial charge is 0.565 e. The zero-order chi connectivity index (χ0) is 20.1. The minimum absolute atomic E-state index is 0.0840. The molecule has 2 aromatic carbocycles. The van der Waals surface area contributed by atoms with Gasteiger partial charge in [0.15, 0.2) is 0 Å². The highest BCUT2D eigenvalue weighted by Gasteiger charge is 2.32. The third-order valence-corrected chi connectivity index (χ3v) is 4.89. The van der Waals surface area contributed by atoms with Crippen LogP contribution in [0.15, 0.2) is 79.4 Å². The van der Waals surface area contributed by atoms with E-state index in [-0.39, 0.29) is 11.1 Å². The van der Waals surface area contributed by atoms with Crippen LogP contribution in [0.5, 0.6) is 0 Å². The second-order valence-electron chi connectivity index (χ2n) is 7.34. The van der Waals surface area contributed by atoms with Gasteiger partial charge < -0.3 is 15.0 Å². The van der Waals surface area contributed by atoms with Crippen LogP contribution in [-0.4, -0.2) is 15.8 Å². The predicted octanol–water partition coefficient (Wildman–Crippen LogP) is 3.23. The van der Waals surface area contributed by atoms with Crippen LogP contribution < -0.4 is 9.67 Å². The number of aromatic nitrogens is 2. The molecule has 1 N–H and O–H groups in total. The summed E-state index contributed by atoms with van der Waals surface area (Å²) >= 11 is 0. The summed E-state index contributed by atoms with van der Waals surface area (Å²) in [6.45, 7) is 9.01. The lowest BCUT2D eigenvalue weighted by atomic mass is 9.94. The SMILES string of the molecule is CC(C)(c1ccccc1)n1cc[n+](C(C)(C)c2ccccc2)c1.O=C([O-])O. The van der Waals surface area contributed by atoms with Crippen molar-refractivity contribution in [2.75, 3.05) is 0 Å². The number of nitrogens with zero attached hydrogens (tertiary/aromatic N) is 2. The van der Waals surface area contributed by atoms with Crippen molar-refractivity contribution >= 4 is 6.16 Å². The first kappa shape index (κ1) is 20.2. The number of carboxylic acid groups (broad SMARTS) is 2. The number of hydrogen-bond acceptors (Lipinski definition) is 2. The molecule has 0 bridgehead atoms. The van der Waals surface area contributed by atoms with Crippen molar-refractivity contribution in [1.29, 1.82) is 0 Å². The normalized spacial score (nSPS) is 11.4. The van der Waals surface area contributed by atoms with E-state index in [0.717, 1.165) is 0 Å². The van der Waals surface area contributed by atoms with E-state index in [4.69, 9.17) is 15.0 Å². The molecule has 0 unspecified atom stereocenters. The lowest BCUT2D eigenvalue weighted by Crippen LogP contribution is -2.52. The lowest BCUT2D eigenvalue weighted by Gasteiger charge is -2.24. The van der Waals surface area contributed by atoms with Gasteiger partial charge in [-0.25, -0.2) is 9.13 Å². The Morgan fingerprint density at radius 2 is 1.37 bits per heavy atom. The Morgan fingerprint density at radius 1 is 0.926 bits per heavy atom. The highest BCUT2D eigenvalue weighted by molar-refractivity contribution is 5.50. The lowest BCUT2D eigenvalue weighted by molar-refractivity contribution is -0.747. The monoisotopic (exact) mass is 366 g/mol. The van der Waals surface area contributed by atoms with Crippen LogP contribution in [0.1, 0.15) is 38.8 Å². The van der Waals surface area contributed by atoms with Gasteiger partial charge in [-0.15, -0.1) is 0 Å². The molecule has 0 aliphatic rings. The Hall–Kier alpha value is -3.08. The minimum atomic E-state index is -2.08. The molecule has 0 saturated carbocycles. The van der Waals surface area contributed by atoms with E-state index in [9.17, 15) is 0 Å². The topological polar surface area (TPSA) is 69.2 Å². The van der Waals surface area contributed by atoms with E-state index >= 15 is 0 Å². The van der Waals surface area contributed by atoms with Crippen molar-refractivity contribution in [3.05, 3.63) is 90.5 Å². The summed E-state index contributed by atoms with van der Waals surface area (Å²) < 4.78 is 4.57. The van der Waals surface area contributed by atoms with Crippen LogP contribution >= 0.6 is 0 Å². The number of rotatable bonds is 4. The zero-order valence-corrected chi connectivity index (χ0v) is 16.2. The Balaban J connectivity index is 0.000000596. The van der Waals surface area contributed by atoms with Gasteiger partial charge in [0, 0.05) is 0 Å². The van der Waals surface area contributed by atoms with Gasteiger partial charge in [-0.05, 0) is 38.8 Å². The molecule has 0 atom stereocenters. The summed E-state index contributed by atoms with van der Waals surface area (Å²) in [5.41, 5.74) is 2.44. The van der Waals surface area contributed by atoms with Crippen LogP contribution in [0.2, 0.25) is 0 Å². The maximum absolute atomic E-state index is 8.44. The molecule has 0 amide bonds. The first-order valence-electron chi connectivity index (χ1n) is 8.77. The molecule has 27 heavy (non-hydrogen) atoms. The highest BCUT2D eigenvalue weighted by atomic mass is 16.6. The van der Waals surface area contributed by atoms with Gasteiger partial charge in [0.25, 0.3) is 0 Å². The van der Waals surface area contributed by atoms with E-state index in [0.29, 0.717) is 0 Å². The molecule has 0 radical (unpaired) electrons. The fourth-order valence-electron chi connectivity index (χ4n) is 3.01. The molecule has 0 aliphatic heterocycles. The molecule has 5 heteroatoms. The molecule has 0 aliphatic carbocycles. The van der Waals surface area contributed by atoms with Crippen LogP contribution in [0.25, 0.3) is 0 Å². The molecule has 1 aromatic heterocycles. The summed E-state index contributed by atoms with van der Waals surface area (Å²) in [6, 6.07) is 21.3. The smallest absolute Gasteiger partial charge is 0.249 e. The molecule has 142 valence electrons. The summed E-state index contributed by atoms with van der Waals surface area (Å²) in [5.74, 6) is 0. The predicted molar refractivity (Wildman–Crippen MR) is 102 cm³/mol. The number of benzene rings is 2. The highest BCUT2D eigenvalue weighted by Crippen LogP contribution is 2.26. The second-order valence-corrected chi connectivity index (χ2v) is 7.34. The number of imidazole rings is 1. The van der Waals surface area contributed by atoms with Gasteiger partial charge in [0.05, 0.1) is 0 Å². The van der Waals surface area contributed by atoms with E-state index in [1.807, 2.05) is 0 Å². The summed E-state index contributed by atoms with van der Waals surface area (Å²) in [4.78, 5) is 8.44. The van der Waals surface area contributed by atoms with Crippen LogP contribution in [0.3, 0.4) is 0 Å². The van der Waals surface area contributed by atoms with Gasteiger partial charge in [-0.2, -0.15) is 0 Å². The third kappa shape index (κ3) is 4.76. The van der Waals surface area contributed by atoms with E-state index < -0.39 is 6.16 Å². The van der Waals surface area contributed by atoms with E-state index in [1.165, 1.54) is 11.1 Å². The van der Waals surface area contributed by atoms with Gasteiger partial charge in [0.1, 0.15) is 23.5 Å². The fraction of sp³-hybridized carbons (Fsp3) is 0.273. The molecule has 3 rings (SSSR count). The average molecular weight is 366 g/mol. The molecule has 0 spiro atoms. The zero-order valence-electron chi connectivity index (χ0n) is 16.2. The maximum atomic E-state index is 8.44. The molecule has 5 nitrogen and oxygen atoms in total. The molecule has 1 heterocycles. The van der Waals surface area contributed by atoms with Crippen LogP contribution in [-0.2, 0) is 11.1 Å². The summed E-state index contributed by atoms with van der Waals surface area (Å²) in [7, 11) is 0. The maximum Gasteiger partial charge on any atom is 0.249 e. The summed E-state index contributed by atoms with van der Waals surface area (Å²) in [5, 5.41) is 15.3. The molecule has 3 aromatic rings. The first-order chi connectivity index (χ1) is 12.7. The summed E-state index contributed by atoms with van der Waals surface area (Å²) in [6.07, 6.45) is 4.45. The first-order valence-corrected chi connectivity index (χ1v) is 8.77. The Bertz CT molecular complexity index is 799. The Morgan fingerprint density at radius 3 is 1.85 bits per heavy atom. The quantitative estimate of drug-likeness (QED) is 0.721. The van der Waals surface area contributed by atoms with Crippen molar-refractivity contribution in [2.45, 2.75) is 38.8 Å². The Kier molecular flexibility index (Phi) is 6.05. The third-order valence-electron chi connectivity index (χ3n) is 4.89.